The second-order valence-electron chi connectivity index (χ2n) is 9.63. The zero-order valence-electron chi connectivity index (χ0n) is 20.9. The Morgan fingerprint density at radius 3 is 2.76 bits per heavy atom. The number of aromatic nitrogens is 3. The quantitative estimate of drug-likeness (QED) is 0.411. The number of benzene rings is 2. The highest BCUT2D eigenvalue weighted by atomic mass is 19.1. The van der Waals surface area contributed by atoms with Gasteiger partial charge in [0.1, 0.15) is 28.6 Å². The molecule has 1 aliphatic rings. The first-order valence-corrected chi connectivity index (χ1v) is 12.1. The van der Waals surface area contributed by atoms with Crippen LogP contribution in [0.5, 0.6) is 11.8 Å². The van der Waals surface area contributed by atoms with Gasteiger partial charge in [-0.25, -0.2) is 8.78 Å². The number of anilines is 1. The first-order valence-electron chi connectivity index (χ1n) is 12.1. The van der Waals surface area contributed by atoms with Crippen LogP contribution in [-0.4, -0.2) is 65.2 Å². The third-order valence-electron chi connectivity index (χ3n) is 6.80. The summed E-state index contributed by atoms with van der Waals surface area (Å²) < 4.78 is 41.9. The number of hydrogen-bond acceptors (Lipinski definition) is 8. The monoisotopic (exact) mass is 510 g/mol. The van der Waals surface area contributed by atoms with Crippen molar-refractivity contribution >= 4 is 27.5 Å². The number of methoxy groups -OCH3 is 1. The molecule has 1 fully saturated rings. The van der Waals surface area contributed by atoms with Crippen molar-refractivity contribution in [2.45, 2.75) is 20.3 Å². The fourth-order valence-corrected chi connectivity index (χ4v) is 4.93. The van der Waals surface area contributed by atoms with E-state index in [-0.39, 0.29) is 35.1 Å². The average molecular weight is 511 g/mol. The molecule has 0 aliphatic carbocycles. The summed E-state index contributed by atoms with van der Waals surface area (Å²) >= 11 is 0. The van der Waals surface area contributed by atoms with E-state index in [4.69, 9.17) is 9.47 Å². The van der Waals surface area contributed by atoms with E-state index >= 15 is 4.39 Å². The van der Waals surface area contributed by atoms with Crippen LogP contribution in [-0.2, 0) is 11.2 Å². The van der Waals surface area contributed by atoms with Crippen molar-refractivity contribution in [2.75, 3.05) is 44.9 Å². The number of phenols is 1. The van der Waals surface area contributed by atoms with Crippen molar-refractivity contribution in [3.63, 3.8) is 0 Å². The molecule has 2 aromatic heterocycles. The number of pyridine rings is 1. The number of halogens is 2. The van der Waals surface area contributed by atoms with Crippen LogP contribution in [0, 0.1) is 17.0 Å². The third-order valence-corrected chi connectivity index (χ3v) is 6.80. The van der Waals surface area contributed by atoms with Crippen molar-refractivity contribution in [1.82, 2.24) is 15.0 Å². The van der Waals surface area contributed by atoms with Crippen LogP contribution in [0.1, 0.15) is 19.4 Å². The number of aliphatic hydroxyl groups excluding tert-OH is 1. The minimum atomic E-state index is -0.742. The molecule has 37 heavy (non-hydrogen) atoms. The molecular formula is C27H28F2N4O4. The van der Waals surface area contributed by atoms with Gasteiger partial charge in [-0.05, 0) is 41.0 Å². The molecule has 4 aromatic rings. The Bertz CT molecular complexity index is 1500. The van der Waals surface area contributed by atoms with Gasteiger partial charge in [-0.3, -0.25) is 4.98 Å². The summed E-state index contributed by atoms with van der Waals surface area (Å²) in [4.78, 5) is 15.1. The van der Waals surface area contributed by atoms with Crippen LogP contribution in [0.3, 0.4) is 0 Å². The van der Waals surface area contributed by atoms with E-state index in [0.717, 1.165) is 0 Å². The van der Waals surface area contributed by atoms with Crippen LogP contribution in [0.4, 0.5) is 14.6 Å². The topological polar surface area (TPSA) is 101 Å². The van der Waals surface area contributed by atoms with Gasteiger partial charge in [0.05, 0.1) is 32.3 Å². The number of phenolic OH excluding ortho intramolecular Hbond substituents is 1. The zero-order valence-corrected chi connectivity index (χ0v) is 20.9. The maximum absolute atomic E-state index is 16.2. The molecule has 194 valence electrons. The van der Waals surface area contributed by atoms with E-state index in [0.29, 0.717) is 60.3 Å². The minimum absolute atomic E-state index is 0.0198. The summed E-state index contributed by atoms with van der Waals surface area (Å²) in [6.07, 6.45) is 1.85. The summed E-state index contributed by atoms with van der Waals surface area (Å²) in [6.45, 7) is 5.27. The molecule has 1 saturated heterocycles. The highest BCUT2D eigenvalue weighted by molar-refractivity contribution is 6.01. The van der Waals surface area contributed by atoms with E-state index in [1.54, 1.807) is 6.07 Å². The molecule has 5 rings (SSSR count). The second-order valence-corrected chi connectivity index (χ2v) is 9.63. The van der Waals surface area contributed by atoms with E-state index in [2.05, 4.69) is 15.0 Å². The summed E-state index contributed by atoms with van der Waals surface area (Å²) in [5, 5.41) is 21.7. The number of fused-ring (bicyclic) bond motifs is 2. The van der Waals surface area contributed by atoms with Gasteiger partial charge in [0.2, 0.25) is 0 Å². The Morgan fingerprint density at radius 1 is 1.22 bits per heavy atom. The number of aromatic hydroxyl groups is 1. The molecule has 0 radical (unpaired) electrons. The Morgan fingerprint density at radius 2 is 2.03 bits per heavy atom. The van der Waals surface area contributed by atoms with Gasteiger partial charge in [0.15, 0.2) is 5.82 Å². The number of nitrogens with zero attached hydrogens (tertiary/aromatic N) is 4. The first kappa shape index (κ1) is 25.0. The van der Waals surface area contributed by atoms with Crippen molar-refractivity contribution in [2.24, 2.45) is 5.41 Å². The van der Waals surface area contributed by atoms with Gasteiger partial charge in [-0.15, -0.1) is 0 Å². The largest absolute Gasteiger partial charge is 0.508 e. The summed E-state index contributed by atoms with van der Waals surface area (Å²) in [5.41, 5.74) is 0.0329. The smallest absolute Gasteiger partial charge is 0.318 e. The summed E-state index contributed by atoms with van der Waals surface area (Å²) in [6, 6.07) is 5.75. The fraction of sp³-hybridized carbons (Fsp3) is 0.370. The zero-order chi connectivity index (χ0) is 26.3. The second kappa shape index (κ2) is 9.68. The van der Waals surface area contributed by atoms with Crippen molar-refractivity contribution < 1.29 is 28.5 Å². The lowest BCUT2D eigenvalue weighted by Gasteiger charge is -2.31. The maximum Gasteiger partial charge on any atom is 0.318 e. The van der Waals surface area contributed by atoms with Crippen LogP contribution >= 0.6 is 0 Å². The third kappa shape index (κ3) is 4.40. The number of rotatable bonds is 5. The summed E-state index contributed by atoms with van der Waals surface area (Å²) in [5.74, 6) is -0.837. The van der Waals surface area contributed by atoms with Crippen LogP contribution in [0.2, 0.25) is 0 Å². The normalized spacial score (nSPS) is 18.4. The lowest BCUT2D eigenvalue weighted by Crippen LogP contribution is -2.39. The number of aryl methyl sites for hydroxylation is 1. The molecule has 1 unspecified atom stereocenters. The van der Waals surface area contributed by atoms with Crippen molar-refractivity contribution in [1.29, 1.82) is 0 Å². The molecule has 0 spiro atoms. The van der Waals surface area contributed by atoms with Crippen LogP contribution in [0.15, 0.2) is 30.5 Å². The average Bonchev–Trinajstić information content (AvgIpc) is 3.10. The Hall–Kier alpha value is -3.63. The van der Waals surface area contributed by atoms with Crippen molar-refractivity contribution in [3.8, 4) is 23.0 Å². The molecule has 2 N–H and O–H groups in total. The van der Waals surface area contributed by atoms with Gasteiger partial charge in [-0.2, -0.15) is 9.97 Å². The standard InChI is InChI=1S/C27H28F2N4O4/c1-4-17-20(28)6-5-15-9-16(35)10-18(21(15)17)23-22(29)24-19(11-30-23)25(32-26(31-24)36-3)33-7-8-37-14-27(2,12-33)13-34/h5-6,9-11,34-35H,4,7-8,12-14H2,1-3H3. The van der Waals surface area contributed by atoms with Gasteiger partial charge in [0, 0.05) is 30.3 Å². The highest BCUT2D eigenvalue weighted by Crippen LogP contribution is 2.39. The predicted octanol–water partition coefficient (Wildman–Crippen LogP) is 4.24. The molecule has 3 heterocycles. The van der Waals surface area contributed by atoms with Crippen LogP contribution < -0.4 is 9.64 Å². The molecule has 1 atom stereocenters. The van der Waals surface area contributed by atoms with Crippen LogP contribution in [0.25, 0.3) is 32.9 Å². The molecule has 8 nitrogen and oxygen atoms in total. The van der Waals surface area contributed by atoms with E-state index < -0.39 is 17.0 Å². The molecule has 10 heteroatoms. The minimum Gasteiger partial charge on any atom is -0.508 e. The Labute approximate surface area is 212 Å². The number of ether oxygens (including phenoxy) is 2. The van der Waals surface area contributed by atoms with E-state index in [1.807, 2.05) is 18.7 Å². The van der Waals surface area contributed by atoms with Gasteiger partial charge < -0.3 is 24.6 Å². The SMILES string of the molecule is CCc1c(F)ccc2cc(O)cc(-c3ncc4c(N5CCOCC(C)(CO)C5)nc(OC)nc4c3F)c12. The fourth-order valence-electron chi connectivity index (χ4n) is 4.93. The lowest BCUT2D eigenvalue weighted by atomic mass is 9.92. The molecule has 1 aliphatic heterocycles. The molecule has 0 amide bonds. The van der Waals surface area contributed by atoms with E-state index in [9.17, 15) is 14.6 Å². The highest BCUT2D eigenvalue weighted by Gasteiger charge is 2.32. The number of aliphatic hydroxyl groups is 1. The molecule has 2 aromatic carbocycles. The molecule has 0 bridgehead atoms. The lowest BCUT2D eigenvalue weighted by molar-refractivity contribution is 0.0406. The van der Waals surface area contributed by atoms with Crippen molar-refractivity contribution in [3.05, 3.63) is 47.7 Å². The Balaban J connectivity index is 1.75. The van der Waals surface area contributed by atoms with Gasteiger partial charge in [0.25, 0.3) is 0 Å². The summed E-state index contributed by atoms with van der Waals surface area (Å²) in [7, 11) is 1.40. The Kier molecular flexibility index (Phi) is 6.55. The predicted molar refractivity (Wildman–Crippen MR) is 136 cm³/mol. The van der Waals surface area contributed by atoms with Gasteiger partial charge in [-0.1, -0.05) is 19.9 Å². The molecular weight excluding hydrogens is 482 g/mol. The number of hydrogen-bond donors (Lipinski definition) is 2. The molecule has 0 saturated carbocycles. The maximum atomic E-state index is 16.2. The van der Waals surface area contributed by atoms with Gasteiger partial charge >= 0.3 is 6.01 Å². The first-order chi connectivity index (χ1) is 17.8. The van der Waals surface area contributed by atoms with E-state index in [1.165, 1.54) is 31.5 Å².